The molecule has 0 unspecified atom stereocenters. The standard InChI is InChI=1S/C27H24F3N5O6S/c1-15-24(16(2)41-32-15)42(37,38)34-10-9-21-20(13-34)25(27(28,29)30)31-35(21)19-6-4-5-17(11-19)26(36)33(3)18-7-8-22-23(12-18)40-14-39-22/h4-8,11-12H,9-10,13-14H2,1-3H3. The fraction of sp³-hybridized carbons (Fsp3) is 0.296. The van der Waals surface area contributed by atoms with Crippen molar-refractivity contribution in [2.75, 3.05) is 25.3 Å². The van der Waals surface area contributed by atoms with Crippen LogP contribution in [-0.4, -0.2) is 54.0 Å². The summed E-state index contributed by atoms with van der Waals surface area (Å²) >= 11 is 0. The molecule has 4 aromatic rings. The number of halogens is 3. The molecular formula is C27H24F3N5O6S. The zero-order chi connectivity index (χ0) is 30.0. The summed E-state index contributed by atoms with van der Waals surface area (Å²) in [6, 6.07) is 11.1. The predicted octanol–water partition coefficient (Wildman–Crippen LogP) is 4.25. The molecule has 42 heavy (non-hydrogen) atoms. The zero-order valence-electron chi connectivity index (χ0n) is 22.6. The van der Waals surface area contributed by atoms with Crippen molar-refractivity contribution in [3.8, 4) is 17.2 Å². The molecule has 0 aliphatic carbocycles. The summed E-state index contributed by atoms with van der Waals surface area (Å²) in [7, 11) is -2.62. The van der Waals surface area contributed by atoms with Gasteiger partial charge in [0.1, 0.15) is 10.6 Å². The number of carbonyl (C=O) groups is 1. The van der Waals surface area contributed by atoms with Crippen LogP contribution in [0.25, 0.3) is 5.69 Å². The summed E-state index contributed by atoms with van der Waals surface area (Å²) in [4.78, 5) is 14.6. The minimum absolute atomic E-state index is 0.0453. The van der Waals surface area contributed by atoms with Gasteiger partial charge < -0.3 is 18.9 Å². The molecule has 2 aliphatic rings. The van der Waals surface area contributed by atoms with Crippen molar-refractivity contribution in [3.05, 3.63) is 76.4 Å². The van der Waals surface area contributed by atoms with Crippen molar-refractivity contribution in [2.45, 2.75) is 37.9 Å². The van der Waals surface area contributed by atoms with Gasteiger partial charge in [0.25, 0.3) is 5.91 Å². The molecule has 15 heteroatoms. The van der Waals surface area contributed by atoms with Crippen LogP contribution in [0.4, 0.5) is 18.9 Å². The van der Waals surface area contributed by atoms with Crippen LogP contribution in [0.5, 0.6) is 11.5 Å². The van der Waals surface area contributed by atoms with E-state index in [4.69, 9.17) is 14.0 Å². The molecule has 11 nitrogen and oxygen atoms in total. The summed E-state index contributed by atoms with van der Waals surface area (Å²) in [5.41, 5.74) is -0.134. The number of nitrogens with zero attached hydrogens (tertiary/aromatic N) is 5. The number of anilines is 1. The minimum Gasteiger partial charge on any atom is -0.454 e. The van der Waals surface area contributed by atoms with E-state index in [2.05, 4.69) is 10.3 Å². The van der Waals surface area contributed by atoms with Crippen molar-refractivity contribution in [3.63, 3.8) is 0 Å². The van der Waals surface area contributed by atoms with E-state index in [1.807, 2.05) is 0 Å². The molecule has 0 atom stereocenters. The first-order valence-corrected chi connectivity index (χ1v) is 14.2. The van der Waals surface area contributed by atoms with Crippen LogP contribution in [0, 0.1) is 13.8 Å². The van der Waals surface area contributed by atoms with E-state index >= 15 is 0 Å². The third kappa shape index (κ3) is 4.58. The van der Waals surface area contributed by atoms with Crippen LogP contribution >= 0.6 is 0 Å². The average Bonchev–Trinajstić information content (AvgIpc) is 3.68. The Hall–Kier alpha value is -4.37. The number of hydrogen-bond donors (Lipinski definition) is 0. The van der Waals surface area contributed by atoms with Gasteiger partial charge in [-0.3, -0.25) is 4.79 Å². The number of fused-ring (bicyclic) bond motifs is 2. The monoisotopic (exact) mass is 603 g/mol. The number of aromatic nitrogens is 3. The lowest BCUT2D eigenvalue weighted by Crippen LogP contribution is -2.37. The van der Waals surface area contributed by atoms with Crippen LogP contribution in [0.3, 0.4) is 0 Å². The predicted molar refractivity (Wildman–Crippen MR) is 141 cm³/mol. The third-order valence-corrected chi connectivity index (χ3v) is 9.33. The van der Waals surface area contributed by atoms with Gasteiger partial charge in [0.15, 0.2) is 23.0 Å². The highest BCUT2D eigenvalue weighted by molar-refractivity contribution is 7.89. The van der Waals surface area contributed by atoms with Crippen molar-refractivity contribution >= 4 is 21.6 Å². The number of alkyl halides is 3. The number of carbonyl (C=O) groups excluding carboxylic acids is 1. The fourth-order valence-electron chi connectivity index (χ4n) is 5.19. The molecule has 0 radical (unpaired) electrons. The van der Waals surface area contributed by atoms with Gasteiger partial charge in [0, 0.05) is 49.4 Å². The summed E-state index contributed by atoms with van der Waals surface area (Å²) in [5, 5.41) is 7.55. The van der Waals surface area contributed by atoms with Crippen LogP contribution in [0.15, 0.2) is 51.9 Å². The first kappa shape index (κ1) is 27.8. The number of aryl methyl sites for hydroxylation is 2. The Morgan fingerprint density at radius 1 is 1.07 bits per heavy atom. The molecule has 4 heterocycles. The molecular weight excluding hydrogens is 579 g/mol. The molecule has 1 amide bonds. The summed E-state index contributed by atoms with van der Waals surface area (Å²) in [6.07, 6.45) is -4.89. The van der Waals surface area contributed by atoms with Gasteiger partial charge in [-0.25, -0.2) is 13.1 Å². The highest BCUT2D eigenvalue weighted by atomic mass is 32.2. The Labute approximate surface area is 238 Å². The van der Waals surface area contributed by atoms with Crippen molar-refractivity contribution in [1.29, 1.82) is 0 Å². The van der Waals surface area contributed by atoms with Gasteiger partial charge in [-0.15, -0.1) is 0 Å². The molecule has 220 valence electrons. The molecule has 0 saturated carbocycles. The molecule has 0 bridgehead atoms. The minimum atomic E-state index is -4.85. The van der Waals surface area contributed by atoms with Crippen LogP contribution in [0.1, 0.15) is 38.8 Å². The molecule has 2 aromatic heterocycles. The average molecular weight is 604 g/mol. The second-order valence-electron chi connectivity index (χ2n) is 9.88. The maximum Gasteiger partial charge on any atom is 0.435 e. The zero-order valence-corrected chi connectivity index (χ0v) is 23.4. The highest BCUT2D eigenvalue weighted by Gasteiger charge is 2.43. The SMILES string of the molecule is Cc1noc(C)c1S(=O)(=O)N1CCc2c(c(C(F)(F)F)nn2-c2cccc(C(=O)N(C)c3ccc4c(c3)OCO4)c2)C1. The lowest BCUT2D eigenvalue weighted by molar-refractivity contribution is -0.142. The molecule has 0 spiro atoms. The van der Waals surface area contributed by atoms with Crippen LogP contribution < -0.4 is 14.4 Å². The van der Waals surface area contributed by atoms with E-state index in [0.717, 1.165) is 8.99 Å². The maximum absolute atomic E-state index is 14.2. The van der Waals surface area contributed by atoms with Gasteiger partial charge in [-0.1, -0.05) is 11.2 Å². The first-order chi connectivity index (χ1) is 19.9. The number of benzene rings is 2. The van der Waals surface area contributed by atoms with E-state index in [9.17, 15) is 26.4 Å². The lowest BCUT2D eigenvalue weighted by Gasteiger charge is -2.27. The number of ether oxygens (including phenoxy) is 2. The smallest absolute Gasteiger partial charge is 0.435 e. The van der Waals surface area contributed by atoms with Gasteiger partial charge in [-0.05, 0) is 44.2 Å². The second kappa shape index (κ2) is 9.87. The van der Waals surface area contributed by atoms with Crippen LogP contribution in [0.2, 0.25) is 0 Å². The first-order valence-electron chi connectivity index (χ1n) is 12.8. The van der Waals surface area contributed by atoms with E-state index in [1.165, 1.54) is 30.9 Å². The van der Waals surface area contributed by atoms with E-state index in [-0.39, 0.29) is 58.6 Å². The molecule has 0 N–H and O–H groups in total. The Kier molecular flexibility index (Phi) is 6.53. The van der Waals surface area contributed by atoms with Crippen molar-refractivity contribution in [1.82, 2.24) is 19.2 Å². The Morgan fingerprint density at radius 3 is 2.55 bits per heavy atom. The van der Waals surface area contributed by atoms with Crippen LogP contribution in [-0.2, 0) is 29.2 Å². The summed E-state index contributed by atoms with van der Waals surface area (Å²) < 4.78 is 87.0. The van der Waals surface area contributed by atoms with E-state index in [0.29, 0.717) is 17.2 Å². The number of sulfonamides is 1. The van der Waals surface area contributed by atoms with Gasteiger partial charge in [-0.2, -0.15) is 22.6 Å². The van der Waals surface area contributed by atoms with E-state index < -0.39 is 34.3 Å². The van der Waals surface area contributed by atoms with Gasteiger partial charge >= 0.3 is 6.18 Å². The second-order valence-corrected chi connectivity index (χ2v) is 11.8. The quantitative estimate of drug-likeness (QED) is 0.332. The summed E-state index contributed by atoms with van der Waals surface area (Å²) in [5.74, 6) is 0.694. The highest BCUT2D eigenvalue weighted by Crippen LogP contribution is 2.39. The van der Waals surface area contributed by atoms with Gasteiger partial charge in [0.05, 0.1) is 11.4 Å². The molecule has 0 saturated heterocycles. The van der Waals surface area contributed by atoms with Gasteiger partial charge in [0.2, 0.25) is 16.8 Å². The summed E-state index contributed by atoms with van der Waals surface area (Å²) in [6.45, 7) is 2.34. The number of hydrogen-bond acceptors (Lipinski definition) is 8. The molecule has 2 aliphatic heterocycles. The molecule has 0 fully saturated rings. The Morgan fingerprint density at radius 2 is 1.83 bits per heavy atom. The third-order valence-electron chi connectivity index (χ3n) is 7.24. The fourth-order valence-corrected chi connectivity index (χ4v) is 6.89. The lowest BCUT2D eigenvalue weighted by atomic mass is 10.1. The Balaban J connectivity index is 1.34. The molecule has 2 aromatic carbocycles. The molecule has 6 rings (SSSR count). The largest absolute Gasteiger partial charge is 0.454 e. The van der Waals surface area contributed by atoms with E-state index in [1.54, 1.807) is 37.4 Å². The normalized spacial score (nSPS) is 15.1. The number of amides is 1. The maximum atomic E-state index is 14.2. The topological polar surface area (TPSA) is 120 Å². The van der Waals surface area contributed by atoms with Crippen molar-refractivity contribution < 1.29 is 40.4 Å². The number of rotatable bonds is 5. The Bertz CT molecular complexity index is 1810. The van der Waals surface area contributed by atoms with Crippen molar-refractivity contribution in [2.24, 2.45) is 0 Å².